The number of anilines is 3. The van der Waals surface area contributed by atoms with Gasteiger partial charge in [-0.3, -0.25) is 0 Å². The SMILES string of the molecule is CCN(c1ccccc1)c1ccnc(NC2CCS(=O)(=O)C2)n1. The molecule has 122 valence electrons. The second-order valence-corrected chi connectivity index (χ2v) is 7.79. The molecule has 0 bridgehead atoms. The zero-order valence-corrected chi connectivity index (χ0v) is 13.8. The molecule has 23 heavy (non-hydrogen) atoms. The van der Waals surface area contributed by atoms with Gasteiger partial charge in [0.25, 0.3) is 0 Å². The molecule has 1 N–H and O–H groups in total. The molecule has 7 heteroatoms. The number of nitrogens with zero attached hydrogens (tertiary/aromatic N) is 3. The molecule has 1 unspecified atom stereocenters. The van der Waals surface area contributed by atoms with Crippen LogP contribution in [0.3, 0.4) is 0 Å². The summed E-state index contributed by atoms with van der Waals surface area (Å²) in [6.45, 7) is 2.84. The monoisotopic (exact) mass is 332 g/mol. The molecule has 1 fully saturated rings. The summed E-state index contributed by atoms with van der Waals surface area (Å²) in [5.74, 6) is 1.64. The maximum atomic E-state index is 11.5. The molecule has 0 aliphatic carbocycles. The van der Waals surface area contributed by atoms with Crippen molar-refractivity contribution in [3.05, 3.63) is 42.6 Å². The molecule has 6 nitrogen and oxygen atoms in total. The standard InChI is InChI=1S/C16H20N4O2S/c1-2-20(14-6-4-3-5-7-14)15-8-10-17-16(19-15)18-13-9-11-23(21,22)12-13/h3-8,10,13H,2,9,11-12H2,1H3,(H,17,18,19). The number of hydrogen-bond acceptors (Lipinski definition) is 6. The van der Waals surface area contributed by atoms with Gasteiger partial charge in [0, 0.05) is 24.5 Å². The number of para-hydroxylation sites is 1. The first-order valence-electron chi connectivity index (χ1n) is 7.70. The van der Waals surface area contributed by atoms with Crippen LogP contribution in [0.25, 0.3) is 0 Å². The lowest BCUT2D eigenvalue weighted by atomic mass is 10.3. The fraction of sp³-hybridized carbons (Fsp3) is 0.375. The summed E-state index contributed by atoms with van der Waals surface area (Å²) in [7, 11) is -2.92. The van der Waals surface area contributed by atoms with E-state index in [9.17, 15) is 8.42 Å². The summed E-state index contributed by atoms with van der Waals surface area (Å²) in [6.07, 6.45) is 2.30. The van der Waals surface area contributed by atoms with Crippen molar-refractivity contribution >= 4 is 27.3 Å². The Hall–Kier alpha value is -2.15. The van der Waals surface area contributed by atoms with Gasteiger partial charge in [0.05, 0.1) is 11.5 Å². The third-order valence-electron chi connectivity index (χ3n) is 3.87. The molecule has 1 aromatic heterocycles. The van der Waals surface area contributed by atoms with Crippen LogP contribution in [0.15, 0.2) is 42.6 Å². The van der Waals surface area contributed by atoms with E-state index < -0.39 is 9.84 Å². The van der Waals surface area contributed by atoms with Gasteiger partial charge in [-0.15, -0.1) is 0 Å². The van der Waals surface area contributed by atoms with Gasteiger partial charge in [-0.05, 0) is 31.5 Å². The Morgan fingerprint density at radius 1 is 1.26 bits per heavy atom. The van der Waals surface area contributed by atoms with Crippen molar-refractivity contribution in [2.45, 2.75) is 19.4 Å². The summed E-state index contributed by atoms with van der Waals surface area (Å²) < 4.78 is 23.1. The molecule has 0 amide bonds. The maximum Gasteiger partial charge on any atom is 0.224 e. The van der Waals surface area contributed by atoms with Crippen LogP contribution in [0.4, 0.5) is 17.5 Å². The molecule has 2 aromatic rings. The summed E-state index contributed by atoms with van der Waals surface area (Å²) in [5, 5.41) is 3.14. The lowest BCUT2D eigenvalue weighted by Crippen LogP contribution is -2.23. The number of sulfone groups is 1. The predicted molar refractivity (Wildman–Crippen MR) is 91.8 cm³/mol. The number of nitrogens with one attached hydrogen (secondary N) is 1. The van der Waals surface area contributed by atoms with Gasteiger partial charge in [-0.1, -0.05) is 18.2 Å². The summed E-state index contributed by atoms with van der Waals surface area (Å²) in [4.78, 5) is 10.8. The van der Waals surface area contributed by atoms with E-state index in [1.165, 1.54) is 0 Å². The maximum absolute atomic E-state index is 11.5. The van der Waals surface area contributed by atoms with Gasteiger partial charge >= 0.3 is 0 Å². The molecule has 1 saturated heterocycles. The second kappa shape index (κ2) is 6.54. The zero-order chi connectivity index (χ0) is 16.3. The van der Waals surface area contributed by atoms with E-state index in [-0.39, 0.29) is 17.5 Å². The Kier molecular flexibility index (Phi) is 4.47. The summed E-state index contributed by atoms with van der Waals surface area (Å²) in [6, 6.07) is 11.8. The Bertz CT molecular complexity index is 765. The lowest BCUT2D eigenvalue weighted by Gasteiger charge is -2.22. The third kappa shape index (κ3) is 3.79. The van der Waals surface area contributed by atoms with Crippen molar-refractivity contribution in [1.82, 2.24) is 9.97 Å². The van der Waals surface area contributed by atoms with Crippen LogP contribution >= 0.6 is 0 Å². The molecule has 0 radical (unpaired) electrons. The van der Waals surface area contributed by atoms with Gasteiger partial charge in [-0.2, -0.15) is 4.98 Å². The molecule has 0 saturated carbocycles. The highest BCUT2D eigenvalue weighted by Gasteiger charge is 2.28. The van der Waals surface area contributed by atoms with E-state index in [1.807, 2.05) is 36.4 Å². The Morgan fingerprint density at radius 3 is 2.70 bits per heavy atom. The Labute approximate surface area is 136 Å². The first kappa shape index (κ1) is 15.7. The van der Waals surface area contributed by atoms with Gasteiger partial charge < -0.3 is 10.2 Å². The average Bonchev–Trinajstić information content (AvgIpc) is 2.88. The number of benzene rings is 1. The highest BCUT2D eigenvalue weighted by Crippen LogP contribution is 2.24. The van der Waals surface area contributed by atoms with Gasteiger partial charge in [0.2, 0.25) is 5.95 Å². The van der Waals surface area contributed by atoms with Crippen LogP contribution in [-0.4, -0.2) is 42.5 Å². The van der Waals surface area contributed by atoms with Gasteiger partial charge in [0.15, 0.2) is 9.84 Å². The van der Waals surface area contributed by atoms with E-state index in [0.717, 1.165) is 18.1 Å². The van der Waals surface area contributed by atoms with Crippen LogP contribution in [0.2, 0.25) is 0 Å². The number of hydrogen-bond donors (Lipinski definition) is 1. The minimum absolute atomic E-state index is 0.109. The molecular weight excluding hydrogens is 312 g/mol. The van der Waals surface area contributed by atoms with Gasteiger partial charge in [0.1, 0.15) is 5.82 Å². The van der Waals surface area contributed by atoms with Crippen molar-refractivity contribution in [2.75, 3.05) is 28.3 Å². The third-order valence-corrected chi connectivity index (χ3v) is 5.64. The Morgan fingerprint density at radius 2 is 2.04 bits per heavy atom. The highest BCUT2D eigenvalue weighted by molar-refractivity contribution is 7.91. The minimum atomic E-state index is -2.92. The Balaban J connectivity index is 1.79. The second-order valence-electron chi connectivity index (χ2n) is 5.56. The summed E-state index contributed by atoms with van der Waals surface area (Å²) >= 11 is 0. The number of aromatic nitrogens is 2. The first-order chi connectivity index (χ1) is 11.1. The summed E-state index contributed by atoms with van der Waals surface area (Å²) in [5.41, 5.74) is 1.06. The minimum Gasteiger partial charge on any atom is -0.350 e. The van der Waals surface area contributed by atoms with E-state index in [0.29, 0.717) is 12.4 Å². The first-order valence-corrected chi connectivity index (χ1v) is 9.52. The molecule has 0 spiro atoms. The lowest BCUT2D eigenvalue weighted by molar-refractivity contribution is 0.602. The largest absolute Gasteiger partial charge is 0.350 e. The fourth-order valence-corrected chi connectivity index (χ4v) is 4.42. The number of rotatable bonds is 5. The smallest absolute Gasteiger partial charge is 0.224 e. The van der Waals surface area contributed by atoms with Crippen molar-refractivity contribution in [3.63, 3.8) is 0 Å². The van der Waals surface area contributed by atoms with Crippen LogP contribution in [0, 0.1) is 0 Å². The van der Waals surface area contributed by atoms with E-state index in [1.54, 1.807) is 6.20 Å². The van der Waals surface area contributed by atoms with Crippen LogP contribution in [0.1, 0.15) is 13.3 Å². The van der Waals surface area contributed by atoms with E-state index in [2.05, 4.69) is 27.1 Å². The fourth-order valence-electron chi connectivity index (χ4n) is 2.75. The normalized spacial score (nSPS) is 19.4. The van der Waals surface area contributed by atoms with E-state index >= 15 is 0 Å². The van der Waals surface area contributed by atoms with E-state index in [4.69, 9.17) is 0 Å². The topological polar surface area (TPSA) is 75.2 Å². The van der Waals surface area contributed by atoms with Crippen molar-refractivity contribution in [2.24, 2.45) is 0 Å². The highest BCUT2D eigenvalue weighted by atomic mass is 32.2. The molecule has 3 rings (SSSR count). The molecule has 1 aromatic carbocycles. The molecule has 1 aliphatic rings. The van der Waals surface area contributed by atoms with Gasteiger partial charge in [-0.25, -0.2) is 13.4 Å². The molecular formula is C16H20N4O2S. The predicted octanol–water partition coefficient (Wildman–Crippen LogP) is 2.23. The molecule has 2 heterocycles. The van der Waals surface area contributed by atoms with Crippen LogP contribution < -0.4 is 10.2 Å². The van der Waals surface area contributed by atoms with Crippen molar-refractivity contribution < 1.29 is 8.42 Å². The molecule has 1 aliphatic heterocycles. The van der Waals surface area contributed by atoms with Crippen LogP contribution in [0.5, 0.6) is 0 Å². The van der Waals surface area contributed by atoms with Crippen LogP contribution in [-0.2, 0) is 9.84 Å². The average molecular weight is 332 g/mol. The quantitative estimate of drug-likeness (QED) is 0.905. The van der Waals surface area contributed by atoms with Crippen molar-refractivity contribution in [1.29, 1.82) is 0 Å². The molecule has 1 atom stereocenters. The van der Waals surface area contributed by atoms with Crippen molar-refractivity contribution in [3.8, 4) is 0 Å². The zero-order valence-electron chi connectivity index (χ0n) is 13.0.